The maximum absolute atomic E-state index is 12.9. The quantitative estimate of drug-likeness (QED) is 0.477. The van der Waals surface area contributed by atoms with Gasteiger partial charge in [-0.05, 0) is 37.6 Å². The van der Waals surface area contributed by atoms with E-state index in [1.165, 1.54) is 5.56 Å². The fraction of sp³-hybridized carbons (Fsp3) is 0.308. The number of furan rings is 1. The minimum absolute atomic E-state index is 0.0651. The van der Waals surface area contributed by atoms with Crippen molar-refractivity contribution in [2.24, 2.45) is 0 Å². The lowest BCUT2D eigenvalue weighted by Gasteiger charge is -2.34. The van der Waals surface area contributed by atoms with Gasteiger partial charge < -0.3 is 13.9 Å². The molecule has 0 atom stereocenters. The molecule has 0 saturated carbocycles. The van der Waals surface area contributed by atoms with Crippen molar-refractivity contribution in [3.63, 3.8) is 0 Å². The third-order valence-electron chi connectivity index (χ3n) is 6.21. The lowest BCUT2D eigenvalue weighted by atomic mass is 10.2. The molecule has 0 bridgehead atoms. The Labute approximate surface area is 188 Å². The summed E-state index contributed by atoms with van der Waals surface area (Å²) in [5.41, 5.74) is 4.13. The van der Waals surface area contributed by atoms with Crippen LogP contribution in [0.15, 0.2) is 65.1 Å². The predicted octanol–water partition coefficient (Wildman–Crippen LogP) is 4.25. The van der Waals surface area contributed by atoms with E-state index in [0.717, 1.165) is 48.8 Å². The van der Waals surface area contributed by atoms with Crippen LogP contribution < -0.4 is 0 Å². The van der Waals surface area contributed by atoms with Gasteiger partial charge in [-0.25, -0.2) is 4.98 Å². The second kappa shape index (κ2) is 8.63. The highest BCUT2D eigenvalue weighted by Crippen LogP contribution is 2.21. The molecule has 6 heteroatoms. The Bertz CT molecular complexity index is 1230. The molecule has 0 radical (unpaired) electrons. The van der Waals surface area contributed by atoms with Crippen LogP contribution in [0.3, 0.4) is 0 Å². The first-order valence-electron chi connectivity index (χ1n) is 11.2. The molecule has 2 aromatic heterocycles. The number of rotatable bonds is 5. The molecule has 4 aromatic rings. The van der Waals surface area contributed by atoms with Crippen molar-refractivity contribution in [1.82, 2.24) is 19.4 Å². The van der Waals surface area contributed by atoms with Gasteiger partial charge in [0, 0.05) is 32.7 Å². The first-order chi connectivity index (χ1) is 15.6. The minimum Gasteiger partial charge on any atom is -0.466 e. The zero-order valence-corrected chi connectivity index (χ0v) is 18.6. The van der Waals surface area contributed by atoms with E-state index >= 15 is 0 Å². The third kappa shape index (κ3) is 4.06. The molecule has 6 nitrogen and oxygen atoms in total. The highest BCUT2D eigenvalue weighted by atomic mass is 16.3. The van der Waals surface area contributed by atoms with Crippen molar-refractivity contribution >= 4 is 16.9 Å². The molecule has 0 unspecified atom stereocenters. The molecule has 0 aliphatic carbocycles. The highest BCUT2D eigenvalue weighted by Gasteiger charge is 2.25. The molecule has 5 rings (SSSR count). The number of hydrogen-bond donors (Lipinski definition) is 0. The van der Waals surface area contributed by atoms with Gasteiger partial charge in [-0.15, -0.1) is 0 Å². The Balaban J connectivity index is 1.31. The number of amides is 1. The van der Waals surface area contributed by atoms with Crippen LogP contribution >= 0.6 is 0 Å². The van der Waals surface area contributed by atoms with E-state index in [1.807, 2.05) is 36.9 Å². The normalized spacial score (nSPS) is 14.9. The van der Waals surface area contributed by atoms with Crippen molar-refractivity contribution < 1.29 is 9.21 Å². The van der Waals surface area contributed by atoms with Crippen LogP contribution in [-0.2, 0) is 13.1 Å². The SMILES string of the molecule is Cc1cc(C(=O)N2CCN(Cc3nc4ccccc4n3Cc3ccccc3)CC2)c(C)o1. The smallest absolute Gasteiger partial charge is 0.257 e. The van der Waals surface area contributed by atoms with E-state index in [0.29, 0.717) is 24.4 Å². The summed E-state index contributed by atoms with van der Waals surface area (Å²) < 4.78 is 7.87. The van der Waals surface area contributed by atoms with Crippen LogP contribution in [0.1, 0.15) is 33.3 Å². The van der Waals surface area contributed by atoms with Crippen molar-refractivity contribution in [2.75, 3.05) is 26.2 Å². The van der Waals surface area contributed by atoms with Crippen molar-refractivity contribution in [3.8, 4) is 0 Å². The molecule has 1 saturated heterocycles. The van der Waals surface area contributed by atoms with E-state index < -0.39 is 0 Å². The van der Waals surface area contributed by atoms with Crippen molar-refractivity contribution in [1.29, 1.82) is 0 Å². The number of fused-ring (bicyclic) bond motifs is 1. The van der Waals surface area contributed by atoms with Gasteiger partial charge in [0.25, 0.3) is 5.91 Å². The first-order valence-corrected chi connectivity index (χ1v) is 11.2. The van der Waals surface area contributed by atoms with Gasteiger partial charge in [-0.1, -0.05) is 42.5 Å². The number of aromatic nitrogens is 2. The molecule has 1 aliphatic rings. The van der Waals surface area contributed by atoms with Crippen molar-refractivity contribution in [3.05, 3.63) is 89.1 Å². The van der Waals surface area contributed by atoms with Crippen LogP contribution in [0.5, 0.6) is 0 Å². The fourth-order valence-electron chi connectivity index (χ4n) is 4.51. The lowest BCUT2D eigenvalue weighted by molar-refractivity contribution is 0.0622. The van der Waals surface area contributed by atoms with Gasteiger partial charge in [-0.3, -0.25) is 9.69 Å². The Hall–Kier alpha value is -3.38. The molecule has 1 fully saturated rings. The van der Waals surface area contributed by atoms with Gasteiger partial charge in [-0.2, -0.15) is 0 Å². The average Bonchev–Trinajstić information content (AvgIpc) is 3.33. The lowest BCUT2D eigenvalue weighted by Crippen LogP contribution is -2.48. The topological polar surface area (TPSA) is 54.5 Å². The van der Waals surface area contributed by atoms with Crippen LogP contribution in [-0.4, -0.2) is 51.4 Å². The summed E-state index contributed by atoms with van der Waals surface area (Å²) in [5.74, 6) is 2.61. The zero-order chi connectivity index (χ0) is 22.1. The Morgan fingerprint density at radius 3 is 2.38 bits per heavy atom. The summed E-state index contributed by atoms with van der Waals surface area (Å²) in [6, 6.07) is 20.7. The largest absolute Gasteiger partial charge is 0.466 e. The standard InChI is InChI=1S/C26H28N4O2/c1-19-16-22(20(2)32-19)26(31)29-14-12-28(13-15-29)18-25-27-23-10-6-7-11-24(23)30(25)17-21-8-4-3-5-9-21/h3-11,16H,12-15,17-18H2,1-2H3. The van der Waals surface area contributed by atoms with Crippen LogP contribution in [0.2, 0.25) is 0 Å². The fourth-order valence-corrected chi connectivity index (χ4v) is 4.51. The molecule has 32 heavy (non-hydrogen) atoms. The van der Waals surface area contributed by atoms with E-state index in [-0.39, 0.29) is 5.91 Å². The number of piperazine rings is 1. The van der Waals surface area contributed by atoms with Gasteiger partial charge in [0.15, 0.2) is 0 Å². The van der Waals surface area contributed by atoms with Gasteiger partial charge in [0.05, 0.1) is 23.1 Å². The first kappa shape index (κ1) is 20.5. The number of benzene rings is 2. The summed E-state index contributed by atoms with van der Waals surface area (Å²) in [5, 5.41) is 0. The van der Waals surface area contributed by atoms with Crippen LogP contribution in [0.4, 0.5) is 0 Å². The summed E-state index contributed by atoms with van der Waals surface area (Å²) in [6.07, 6.45) is 0. The van der Waals surface area contributed by atoms with Crippen LogP contribution in [0, 0.1) is 13.8 Å². The maximum Gasteiger partial charge on any atom is 0.257 e. The summed E-state index contributed by atoms with van der Waals surface area (Å²) in [7, 11) is 0. The highest BCUT2D eigenvalue weighted by molar-refractivity contribution is 5.95. The van der Waals surface area contributed by atoms with Gasteiger partial charge in [0.1, 0.15) is 17.3 Å². The second-order valence-corrected chi connectivity index (χ2v) is 8.48. The zero-order valence-electron chi connectivity index (χ0n) is 18.6. The third-order valence-corrected chi connectivity index (χ3v) is 6.21. The molecular weight excluding hydrogens is 400 g/mol. The van der Waals surface area contributed by atoms with E-state index in [9.17, 15) is 4.79 Å². The molecule has 2 aromatic carbocycles. The second-order valence-electron chi connectivity index (χ2n) is 8.48. The number of imidazole rings is 1. The van der Waals surface area contributed by atoms with Crippen LogP contribution in [0.25, 0.3) is 11.0 Å². The minimum atomic E-state index is 0.0651. The Kier molecular flexibility index (Phi) is 5.53. The predicted molar refractivity (Wildman–Crippen MR) is 125 cm³/mol. The summed E-state index contributed by atoms with van der Waals surface area (Å²) in [6.45, 7) is 8.38. The Morgan fingerprint density at radius 2 is 1.66 bits per heavy atom. The molecule has 1 aliphatic heterocycles. The monoisotopic (exact) mass is 428 g/mol. The molecule has 1 amide bonds. The van der Waals surface area contributed by atoms with E-state index in [2.05, 4.69) is 51.9 Å². The number of aryl methyl sites for hydroxylation is 2. The number of hydrogen-bond acceptors (Lipinski definition) is 4. The molecule has 0 N–H and O–H groups in total. The van der Waals surface area contributed by atoms with Crippen molar-refractivity contribution in [2.45, 2.75) is 26.9 Å². The molecule has 3 heterocycles. The number of para-hydroxylation sites is 2. The van der Waals surface area contributed by atoms with Gasteiger partial charge >= 0.3 is 0 Å². The van der Waals surface area contributed by atoms with E-state index in [4.69, 9.17) is 9.40 Å². The maximum atomic E-state index is 12.9. The average molecular weight is 429 g/mol. The van der Waals surface area contributed by atoms with E-state index in [1.54, 1.807) is 0 Å². The molecule has 0 spiro atoms. The summed E-state index contributed by atoms with van der Waals surface area (Å²) in [4.78, 5) is 22.2. The molecule has 164 valence electrons. The number of carbonyl (C=O) groups excluding carboxylic acids is 1. The molecular formula is C26H28N4O2. The number of nitrogens with zero attached hydrogens (tertiary/aromatic N) is 4. The Morgan fingerprint density at radius 1 is 0.938 bits per heavy atom. The number of carbonyl (C=O) groups is 1. The van der Waals surface area contributed by atoms with Gasteiger partial charge in [0.2, 0.25) is 0 Å². The summed E-state index contributed by atoms with van der Waals surface area (Å²) >= 11 is 0.